The van der Waals surface area contributed by atoms with Crippen molar-refractivity contribution in [2.45, 2.75) is 13.0 Å². The van der Waals surface area contributed by atoms with E-state index in [4.69, 9.17) is 9.47 Å². The van der Waals surface area contributed by atoms with Crippen molar-refractivity contribution in [2.24, 2.45) is 0 Å². The zero-order chi connectivity index (χ0) is 14.5. The Hall–Kier alpha value is -1.59. The van der Waals surface area contributed by atoms with E-state index >= 15 is 0 Å². The Morgan fingerprint density at radius 2 is 1.95 bits per heavy atom. The second-order valence-corrected chi connectivity index (χ2v) is 5.79. The van der Waals surface area contributed by atoms with Crippen LogP contribution in [-0.2, 0) is 13.0 Å². The SMILES string of the molecule is Brc1ccc(CNCCc2ccc3c(c2)OCCO3)nc1. The Kier molecular flexibility index (Phi) is 4.72. The van der Waals surface area contributed by atoms with Crippen LogP contribution in [0.15, 0.2) is 41.0 Å². The van der Waals surface area contributed by atoms with Crippen LogP contribution in [0.3, 0.4) is 0 Å². The molecular formula is C16H17BrN2O2. The van der Waals surface area contributed by atoms with Crippen molar-refractivity contribution in [1.29, 1.82) is 0 Å². The first-order chi connectivity index (χ1) is 10.3. The Morgan fingerprint density at radius 3 is 2.76 bits per heavy atom. The lowest BCUT2D eigenvalue weighted by Crippen LogP contribution is -2.18. The van der Waals surface area contributed by atoms with Gasteiger partial charge in [0, 0.05) is 17.2 Å². The molecule has 1 aromatic carbocycles. The van der Waals surface area contributed by atoms with Crippen LogP contribution in [0.4, 0.5) is 0 Å². The number of ether oxygens (including phenoxy) is 2. The quantitative estimate of drug-likeness (QED) is 0.843. The lowest BCUT2D eigenvalue weighted by Gasteiger charge is -2.18. The molecule has 1 aromatic heterocycles. The van der Waals surface area contributed by atoms with Crippen LogP contribution < -0.4 is 14.8 Å². The minimum absolute atomic E-state index is 0.629. The number of pyridine rings is 1. The zero-order valence-corrected chi connectivity index (χ0v) is 13.2. The van der Waals surface area contributed by atoms with Gasteiger partial charge in [-0.15, -0.1) is 0 Å². The lowest BCUT2D eigenvalue weighted by molar-refractivity contribution is 0.171. The summed E-state index contributed by atoms with van der Waals surface area (Å²) in [6.45, 7) is 2.94. The summed E-state index contributed by atoms with van der Waals surface area (Å²) in [6, 6.07) is 10.2. The largest absolute Gasteiger partial charge is 0.486 e. The van der Waals surface area contributed by atoms with Gasteiger partial charge in [0.15, 0.2) is 11.5 Å². The molecule has 0 bridgehead atoms. The highest BCUT2D eigenvalue weighted by Gasteiger charge is 2.11. The van der Waals surface area contributed by atoms with Crippen molar-refractivity contribution < 1.29 is 9.47 Å². The van der Waals surface area contributed by atoms with Gasteiger partial charge in [0.05, 0.1) is 5.69 Å². The van der Waals surface area contributed by atoms with Crippen molar-refractivity contribution in [3.8, 4) is 11.5 Å². The predicted molar refractivity (Wildman–Crippen MR) is 84.8 cm³/mol. The molecule has 3 rings (SSSR count). The third-order valence-corrected chi connectivity index (χ3v) is 3.76. The van der Waals surface area contributed by atoms with E-state index in [0.29, 0.717) is 13.2 Å². The van der Waals surface area contributed by atoms with E-state index < -0.39 is 0 Å². The van der Waals surface area contributed by atoms with E-state index in [0.717, 1.165) is 41.2 Å². The fourth-order valence-corrected chi connectivity index (χ4v) is 2.44. The van der Waals surface area contributed by atoms with Gasteiger partial charge in [0.25, 0.3) is 0 Å². The summed E-state index contributed by atoms with van der Waals surface area (Å²) in [5.74, 6) is 1.70. The van der Waals surface area contributed by atoms with Gasteiger partial charge in [-0.05, 0) is 58.7 Å². The van der Waals surface area contributed by atoms with Crippen molar-refractivity contribution in [3.63, 3.8) is 0 Å². The summed E-state index contributed by atoms with van der Waals surface area (Å²) in [7, 11) is 0. The minimum Gasteiger partial charge on any atom is -0.486 e. The van der Waals surface area contributed by atoms with Gasteiger partial charge < -0.3 is 14.8 Å². The molecule has 0 saturated carbocycles. The normalized spacial score (nSPS) is 13.2. The molecule has 4 nitrogen and oxygen atoms in total. The van der Waals surface area contributed by atoms with E-state index in [9.17, 15) is 0 Å². The van der Waals surface area contributed by atoms with Crippen LogP contribution in [-0.4, -0.2) is 24.7 Å². The van der Waals surface area contributed by atoms with E-state index in [2.05, 4.69) is 38.4 Å². The Bertz CT molecular complexity index is 602. The number of hydrogen-bond acceptors (Lipinski definition) is 4. The molecule has 1 N–H and O–H groups in total. The van der Waals surface area contributed by atoms with E-state index in [-0.39, 0.29) is 0 Å². The first kappa shape index (κ1) is 14.4. The van der Waals surface area contributed by atoms with Crippen molar-refractivity contribution in [1.82, 2.24) is 10.3 Å². The van der Waals surface area contributed by atoms with Crippen LogP contribution in [0.25, 0.3) is 0 Å². The van der Waals surface area contributed by atoms with Gasteiger partial charge >= 0.3 is 0 Å². The second kappa shape index (κ2) is 6.91. The van der Waals surface area contributed by atoms with E-state index in [1.54, 1.807) is 0 Å². The number of nitrogens with zero attached hydrogens (tertiary/aromatic N) is 1. The predicted octanol–water partition coefficient (Wildman–Crippen LogP) is 2.95. The van der Waals surface area contributed by atoms with Crippen LogP contribution in [0.5, 0.6) is 11.5 Å². The molecule has 0 unspecified atom stereocenters. The van der Waals surface area contributed by atoms with Crippen LogP contribution in [0.1, 0.15) is 11.3 Å². The molecule has 5 heteroatoms. The number of fused-ring (bicyclic) bond motifs is 1. The lowest BCUT2D eigenvalue weighted by atomic mass is 10.1. The Labute approximate surface area is 132 Å². The zero-order valence-electron chi connectivity index (χ0n) is 11.6. The number of halogens is 1. The second-order valence-electron chi connectivity index (χ2n) is 4.87. The number of hydrogen-bond donors (Lipinski definition) is 1. The highest BCUT2D eigenvalue weighted by Crippen LogP contribution is 2.30. The van der Waals surface area contributed by atoms with Gasteiger partial charge in [0.2, 0.25) is 0 Å². The Balaban J connectivity index is 1.48. The van der Waals surface area contributed by atoms with Crippen LogP contribution in [0.2, 0.25) is 0 Å². The van der Waals surface area contributed by atoms with Crippen molar-refractivity contribution >= 4 is 15.9 Å². The van der Waals surface area contributed by atoms with Gasteiger partial charge in [-0.3, -0.25) is 4.98 Å². The van der Waals surface area contributed by atoms with E-state index in [1.807, 2.05) is 24.4 Å². The molecule has 1 aliphatic heterocycles. The van der Waals surface area contributed by atoms with Gasteiger partial charge in [-0.1, -0.05) is 6.07 Å². The first-order valence-electron chi connectivity index (χ1n) is 7.01. The van der Waals surface area contributed by atoms with Gasteiger partial charge in [0.1, 0.15) is 13.2 Å². The molecule has 0 aliphatic carbocycles. The highest BCUT2D eigenvalue weighted by atomic mass is 79.9. The summed E-state index contributed by atoms with van der Waals surface area (Å²) in [4.78, 5) is 4.33. The molecule has 0 fully saturated rings. The number of nitrogens with one attached hydrogen (secondary N) is 1. The summed E-state index contributed by atoms with van der Waals surface area (Å²) in [5.41, 5.74) is 2.29. The van der Waals surface area contributed by atoms with Crippen molar-refractivity contribution in [3.05, 3.63) is 52.3 Å². The molecule has 2 heterocycles. The van der Waals surface area contributed by atoms with Crippen LogP contribution >= 0.6 is 15.9 Å². The maximum atomic E-state index is 5.59. The van der Waals surface area contributed by atoms with Crippen LogP contribution in [0, 0.1) is 0 Å². The maximum absolute atomic E-state index is 5.59. The molecule has 0 saturated heterocycles. The molecule has 110 valence electrons. The molecular weight excluding hydrogens is 332 g/mol. The average molecular weight is 349 g/mol. The fourth-order valence-electron chi connectivity index (χ4n) is 2.20. The van der Waals surface area contributed by atoms with E-state index in [1.165, 1.54) is 5.56 Å². The highest BCUT2D eigenvalue weighted by molar-refractivity contribution is 9.10. The third kappa shape index (κ3) is 3.95. The molecule has 21 heavy (non-hydrogen) atoms. The van der Waals surface area contributed by atoms with Crippen molar-refractivity contribution in [2.75, 3.05) is 19.8 Å². The Morgan fingerprint density at radius 1 is 1.10 bits per heavy atom. The average Bonchev–Trinajstić information content (AvgIpc) is 2.53. The first-order valence-corrected chi connectivity index (χ1v) is 7.80. The standard InChI is InChI=1S/C16H17BrN2O2/c17-13-2-3-14(19-10-13)11-18-6-5-12-1-4-15-16(9-12)21-8-7-20-15/h1-4,9-10,18H,5-8,11H2. The van der Waals surface area contributed by atoms with Gasteiger partial charge in [-0.25, -0.2) is 0 Å². The molecule has 0 amide bonds. The van der Waals surface area contributed by atoms with Gasteiger partial charge in [-0.2, -0.15) is 0 Å². The summed E-state index contributed by atoms with van der Waals surface area (Å²) in [6.07, 6.45) is 2.77. The number of benzene rings is 1. The molecule has 0 spiro atoms. The minimum atomic E-state index is 0.629. The molecule has 0 radical (unpaired) electrons. The maximum Gasteiger partial charge on any atom is 0.161 e. The monoisotopic (exact) mass is 348 g/mol. The fraction of sp³-hybridized carbons (Fsp3) is 0.312. The summed E-state index contributed by atoms with van der Waals surface area (Å²) in [5, 5.41) is 3.40. The molecule has 1 aliphatic rings. The summed E-state index contributed by atoms with van der Waals surface area (Å²) >= 11 is 3.38. The molecule has 0 atom stereocenters. The molecule has 2 aromatic rings. The topological polar surface area (TPSA) is 43.4 Å². The summed E-state index contributed by atoms with van der Waals surface area (Å²) < 4.78 is 12.1. The smallest absolute Gasteiger partial charge is 0.161 e. The third-order valence-electron chi connectivity index (χ3n) is 3.29. The number of rotatable bonds is 5. The number of aromatic nitrogens is 1.